The lowest BCUT2D eigenvalue weighted by Crippen LogP contribution is -2.43. The van der Waals surface area contributed by atoms with Gasteiger partial charge in [-0.3, -0.25) is 4.79 Å². The highest BCUT2D eigenvalue weighted by atomic mass is 35.5. The van der Waals surface area contributed by atoms with Crippen molar-refractivity contribution in [2.75, 3.05) is 18.5 Å². The Morgan fingerprint density at radius 3 is 2.90 bits per heavy atom. The number of rotatable bonds is 5. The predicted octanol–water partition coefficient (Wildman–Crippen LogP) is 2.73. The van der Waals surface area contributed by atoms with E-state index in [4.69, 9.17) is 11.6 Å². The molecule has 0 saturated heterocycles. The molecule has 0 spiro atoms. The highest BCUT2D eigenvalue weighted by molar-refractivity contribution is 6.31. The van der Waals surface area contributed by atoms with Crippen LogP contribution in [-0.2, 0) is 4.79 Å². The normalized spacial score (nSPS) is 22.0. The molecule has 1 aromatic carbocycles. The molecule has 2 unspecified atom stereocenters. The van der Waals surface area contributed by atoms with E-state index in [0.29, 0.717) is 5.02 Å². The summed E-state index contributed by atoms with van der Waals surface area (Å²) in [4.78, 5) is 12.0. The number of aliphatic hydroxyl groups excluding tert-OH is 1. The van der Waals surface area contributed by atoms with Gasteiger partial charge in [0.05, 0.1) is 6.54 Å². The van der Waals surface area contributed by atoms with E-state index in [0.717, 1.165) is 36.9 Å². The molecule has 1 fully saturated rings. The summed E-state index contributed by atoms with van der Waals surface area (Å²) in [6, 6.07) is 5.67. The van der Waals surface area contributed by atoms with E-state index in [1.54, 1.807) is 12.1 Å². The minimum Gasteiger partial charge on any atom is -0.396 e. The van der Waals surface area contributed by atoms with Crippen LogP contribution < -0.4 is 10.6 Å². The first kappa shape index (κ1) is 16.3. The molecule has 2 atom stereocenters. The molecular formula is C16H23ClN2O2. The van der Waals surface area contributed by atoms with Crippen LogP contribution in [0, 0.1) is 12.8 Å². The zero-order chi connectivity index (χ0) is 15.2. The first-order valence-corrected chi connectivity index (χ1v) is 7.88. The van der Waals surface area contributed by atoms with Gasteiger partial charge in [-0.25, -0.2) is 0 Å². The van der Waals surface area contributed by atoms with Crippen LogP contribution >= 0.6 is 11.6 Å². The molecule has 1 saturated carbocycles. The van der Waals surface area contributed by atoms with Gasteiger partial charge in [0, 0.05) is 23.4 Å². The molecule has 116 valence electrons. The minimum atomic E-state index is -0.0809. The van der Waals surface area contributed by atoms with Gasteiger partial charge in [-0.2, -0.15) is 0 Å². The van der Waals surface area contributed by atoms with E-state index in [-0.39, 0.29) is 31.0 Å². The maximum absolute atomic E-state index is 12.0. The molecule has 1 aliphatic carbocycles. The number of aliphatic hydroxyl groups is 1. The third-order valence-electron chi connectivity index (χ3n) is 4.14. The molecule has 0 heterocycles. The van der Waals surface area contributed by atoms with Crippen molar-refractivity contribution >= 4 is 23.2 Å². The highest BCUT2D eigenvalue weighted by Crippen LogP contribution is 2.24. The van der Waals surface area contributed by atoms with Crippen LogP contribution in [0.5, 0.6) is 0 Å². The number of benzene rings is 1. The van der Waals surface area contributed by atoms with Crippen molar-refractivity contribution in [3.8, 4) is 0 Å². The van der Waals surface area contributed by atoms with Crippen LogP contribution in [-0.4, -0.2) is 30.2 Å². The van der Waals surface area contributed by atoms with Crippen molar-refractivity contribution in [3.05, 3.63) is 28.8 Å². The highest BCUT2D eigenvalue weighted by Gasteiger charge is 2.24. The van der Waals surface area contributed by atoms with Crippen molar-refractivity contribution < 1.29 is 9.90 Å². The fourth-order valence-corrected chi connectivity index (χ4v) is 3.01. The van der Waals surface area contributed by atoms with Crippen LogP contribution in [0.15, 0.2) is 18.2 Å². The van der Waals surface area contributed by atoms with Gasteiger partial charge in [0.25, 0.3) is 0 Å². The van der Waals surface area contributed by atoms with E-state index < -0.39 is 0 Å². The Balaban J connectivity index is 1.85. The lowest BCUT2D eigenvalue weighted by molar-refractivity contribution is -0.115. The molecule has 1 aromatic rings. The molecule has 0 aromatic heterocycles. The molecule has 5 heteroatoms. The van der Waals surface area contributed by atoms with Gasteiger partial charge < -0.3 is 15.7 Å². The average molecular weight is 311 g/mol. The van der Waals surface area contributed by atoms with Gasteiger partial charge in [0.2, 0.25) is 5.91 Å². The smallest absolute Gasteiger partial charge is 0.238 e. The van der Waals surface area contributed by atoms with Gasteiger partial charge in [0.1, 0.15) is 0 Å². The Labute approximate surface area is 130 Å². The first-order valence-electron chi connectivity index (χ1n) is 7.50. The Hall–Kier alpha value is -1.10. The third-order valence-corrected chi connectivity index (χ3v) is 4.38. The van der Waals surface area contributed by atoms with Crippen molar-refractivity contribution in [2.45, 2.75) is 38.6 Å². The van der Waals surface area contributed by atoms with Crippen molar-refractivity contribution in [2.24, 2.45) is 5.92 Å². The van der Waals surface area contributed by atoms with Crippen LogP contribution in [0.25, 0.3) is 0 Å². The second-order valence-corrected chi connectivity index (χ2v) is 6.16. The third kappa shape index (κ3) is 4.70. The summed E-state index contributed by atoms with van der Waals surface area (Å²) < 4.78 is 0. The number of aryl methyl sites for hydroxylation is 1. The number of hydrogen-bond acceptors (Lipinski definition) is 3. The van der Waals surface area contributed by atoms with Crippen LogP contribution in [0.1, 0.15) is 31.2 Å². The molecule has 4 nitrogen and oxygen atoms in total. The number of nitrogens with one attached hydrogen (secondary N) is 2. The molecule has 3 N–H and O–H groups in total. The largest absolute Gasteiger partial charge is 0.396 e. The summed E-state index contributed by atoms with van der Waals surface area (Å²) in [5, 5.41) is 16.1. The van der Waals surface area contributed by atoms with E-state index in [1.807, 2.05) is 13.0 Å². The monoisotopic (exact) mass is 310 g/mol. The predicted molar refractivity (Wildman–Crippen MR) is 85.7 cm³/mol. The number of hydrogen-bond donors (Lipinski definition) is 3. The fraction of sp³-hybridized carbons (Fsp3) is 0.562. The molecule has 21 heavy (non-hydrogen) atoms. The zero-order valence-electron chi connectivity index (χ0n) is 12.4. The van der Waals surface area contributed by atoms with Crippen LogP contribution in [0.2, 0.25) is 5.02 Å². The summed E-state index contributed by atoms with van der Waals surface area (Å²) in [5.74, 6) is 0.182. The fourth-order valence-electron chi connectivity index (χ4n) is 2.84. The van der Waals surface area contributed by atoms with Gasteiger partial charge >= 0.3 is 0 Å². The topological polar surface area (TPSA) is 61.4 Å². The summed E-state index contributed by atoms with van der Waals surface area (Å²) in [6.07, 6.45) is 4.37. The van der Waals surface area contributed by atoms with Gasteiger partial charge in [-0.1, -0.05) is 30.5 Å². The number of amides is 1. The Kier molecular flexibility index (Phi) is 6.03. The lowest BCUT2D eigenvalue weighted by Gasteiger charge is -2.30. The minimum absolute atomic E-state index is 0.0809. The van der Waals surface area contributed by atoms with Crippen molar-refractivity contribution in [1.29, 1.82) is 0 Å². The summed E-state index contributed by atoms with van der Waals surface area (Å²) in [5.41, 5.74) is 1.73. The summed E-state index contributed by atoms with van der Waals surface area (Å²) >= 11 is 5.94. The van der Waals surface area contributed by atoms with Crippen LogP contribution in [0.4, 0.5) is 5.69 Å². The van der Waals surface area contributed by atoms with E-state index in [9.17, 15) is 9.90 Å². The quantitative estimate of drug-likeness (QED) is 0.783. The van der Waals surface area contributed by atoms with Gasteiger partial charge in [-0.15, -0.1) is 0 Å². The van der Waals surface area contributed by atoms with E-state index in [1.165, 1.54) is 0 Å². The Morgan fingerprint density at radius 2 is 2.14 bits per heavy atom. The SMILES string of the molecule is Cc1ccc(Cl)cc1NC(=O)CNC1CCCCC1CO. The molecule has 1 amide bonds. The van der Waals surface area contributed by atoms with Crippen molar-refractivity contribution in [1.82, 2.24) is 5.32 Å². The van der Waals surface area contributed by atoms with Crippen molar-refractivity contribution in [3.63, 3.8) is 0 Å². The lowest BCUT2D eigenvalue weighted by atomic mass is 9.85. The first-order chi connectivity index (χ1) is 10.1. The van der Waals surface area contributed by atoms with Crippen LogP contribution in [0.3, 0.4) is 0 Å². The maximum atomic E-state index is 12.0. The molecule has 2 rings (SSSR count). The second kappa shape index (κ2) is 7.78. The molecular weight excluding hydrogens is 288 g/mol. The Bertz CT molecular complexity index is 493. The summed E-state index contributed by atoms with van der Waals surface area (Å²) in [6.45, 7) is 2.38. The molecule has 0 aliphatic heterocycles. The van der Waals surface area contributed by atoms with Gasteiger partial charge in [0.15, 0.2) is 0 Å². The molecule has 0 radical (unpaired) electrons. The zero-order valence-corrected chi connectivity index (χ0v) is 13.1. The summed E-state index contributed by atoms with van der Waals surface area (Å²) in [7, 11) is 0. The second-order valence-electron chi connectivity index (χ2n) is 5.72. The number of halogens is 1. The van der Waals surface area contributed by atoms with E-state index >= 15 is 0 Å². The van der Waals surface area contributed by atoms with E-state index in [2.05, 4.69) is 10.6 Å². The maximum Gasteiger partial charge on any atom is 0.238 e. The molecule has 0 bridgehead atoms. The number of carbonyl (C=O) groups is 1. The number of anilines is 1. The number of carbonyl (C=O) groups excluding carboxylic acids is 1. The van der Waals surface area contributed by atoms with Gasteiger partial charge in [-0.05, 0) is 43.4 Å². The molecule has 1 aliphatic rings. The standard InChI is InChI=1S/C16H23ClN2O2/c1-11-6-7-13(17)8-15(11)19-16(21)9-18-14-5-3-2-4-12(14)10-20/h6-8,12,14,18,20H,2-5,9-10H2,1H3,(H,19,21). The Morgan fingerprint density at radius 1 is 1.38 bits per heavy atom. The average Bonchev–Trinajstić information content (AvgIpc) is 2.49.